The third-order valence-electron chi connectivity index (χ3n) is 21.8. The number of carbonyl (C=O) groups is 5. The van der Waals surface area contributed by atoms with Gasteiger partial charge in [-0.2, -0.15) is 5.10 Å². The molecule has 14 rings (SSSR count). The second-order valence-corrected chi connectivity index (χ2v) is 28.3. The van der Waals surface area contributed by atoms with Crippen molar-refractivity contribution in [3.8, 4) is 0 Å². The average molecular weight is 1400 g/mol. The average Bonchev–Trinajstić information content (AvgIpc) is 1.56. The molecule has 546 valence electrons. The first-order valence-corrected chi connectivity index (χ1v) is 37.0. The molecule has 102 heavy (non-hydrogen) atoms. The zero-order valence-corrected chi connectivity index (χ0v) is 60.9. The van der Waals surface area contributed by atoms with Gasteiger partial charge < -0.3 is 47.3 Å². The van der Waals surface area contributed by atoms with Gasteiger partial charge in [0.25, 0.3) is 5.56 Å². The van der Waals surface area contributed by atoms with E-state index in [1.54, 1.807) is 44.7 Å². The van der Waals surface area contributed by atoms with E-state index in [0.717, 1.165) is 227 Å². The van der Waals surface area contributed by atoms with Crippen LogP contribution >= 0.6 is 0 Å². The van der Waals surface area contributed by atoms with E-state index in [1.807, 2.05) is 60.5 Å². The molecule has 1 saturated carbocycles. The number of amides is 4. The van der Waals surface area contributed by atoms with Crippen LogP contribution in [-0.2, 0) is 91.6 Å². The highest BCUT2D eigenvalue weighted by Gasteiger charge is 2.37. The van der Waals surface area contributed by atoms with Gasteiger partial charge in [-0.1, -0.05) is 19.4 Å². The van der Waals surface area contributed by atoms with Crippen molar-refractivity contribution in [1.29, 1.82) is 0 Å². The number of hydrogen-bond donors (Lipinski definition) is 1. The van der Waals surface area contributed by atoms with Crippen LogP contribution in [0.25, 0.3) is 33.1 Å². The summed E-state index contributed by atoms with van der Waals surface area (Å²) in [5.74, 6) is 3.16. The van der Waals surface area contributed by atoms with E-state index in [2.05, 4.69) is 62.6 Å². The van der Waals surface area contributed by atoms with Crippen LogP contribution in [0.2, 0.25) is 0 Å². The predicted octanol–water partition coefficient (Wildman–Crippen LogP) is 11.5. The molecule has 0 bridgehead atoms. The molecular formula is C77H102N14O11. The fourth-order valence-corrected chi connectivity index (χ4v) is 16.0. The number of nitrogens with one attached hydrogen (secondary N) is 1. The summed E-state index contributed by atoms with van der Waals surface area (Å²) in [4.78, 5) is 97.8. The molecule has 10 heterocycles. The number of ether oxygens (including phenoxy) is 5. The standard InChI is InChI=1S/C28H39N3O4.C26H33N5O4.C23H30N6O3/c1-18-10-12-23-24(30(18)28(33)34-3)13-14-25-27(23)29-26(15-11-22-9-4-5-16-35-22)31(25)21-8-6-7-20(17-21)19(2)32;1-5-17(2)27-23(32)16-30-21-12-11-20-19(10-9-18(3)31(20)26(34)35-4)25(21)28-22(30)13-15-29-14-7-6-8-24(29)33;1-17-4-5-18-19(29(17)23(30)31-2)6-7-20-22(18)25-21(16-27-9-3-8-24-27)28(20)11-10-26-12-14-32-15-13-26/h13-14,18,20-22H,4-12,15-17H2,1-3H3;6-8,11-12,14,17-18H,5,9-10,13,15-16H2,1-4H3,(H,27,32);3,6-9,17H,4-5,10-16H2,1-2H3/t18-,20-,21+,22-;17-,18+;17-/m010/s1. The number of nitrogens with zero attached hydrogens (tertiary/aromatic N) is 13. The van der Waals surface area contributed by atoms with Crippen LogP contribution in [0, 0.1) is 5.92 Å². The third-order valence-corrected chi connectivity index (χ3v) is 21.8. The number of carbonyl (C=O) groups excluding carboxylic acids is 5. The number of rotatable bonds is 17. The van der Waals surface area contributed by atoms with Crippen molar-refractivity contribution in [2.75, 3.05) is 75.5 Å². The predicted molar refractivity (Wildman–Crippen MR) is 392 cm³/mol. The number of Topliss-reactive ketones (excluding diaryl/α,β-unsaturated/α-hetero) is 1. The maximum Gasteiger partial charge on any atom is 0.414 e. The fraction of sp³-hybridized carbons (Fsp3) is 0.558. The summed E-state index contributed by atoms with van der Waals surface area (Å²) in [5.41, 5.74) is 11.6. The summed E-state index contributed by atoms with van der Waals surface area (Å²) in [7, 11) is 4.26. The van der Waals surface area contributed by atoms with Gasteiger partial charge in [-0.3, -0.25) is 38.7 Å². The van der Waals surface area contributed by atoms with Crippen LogP contribution < -0.4 is 25.6 Å². The molecule has 25 heteroatoms. The van der Waals surface area contributed by atoms with Gasteiger partial charge in [-0.15, -0.1) is 0 Å². The first-order valence-electron chi connectivity index (χ1n) is 37.0. The zero-order chi connectivity index (χ0) is 71.7. The number of morpholine rings is 1. The van der Waals surface area contributed by atoms with E-state index in [1.165, 1.54) is 33.8 Å². The van der Waals surface area contributed by atoms with E-state index in [0.29, 0.717) is 31.4 Å². The van der Waals surface area contributed by atoms with E-state index < -0.39 is 6.09 Å². The fourth-order valence-electron chi connectivity index (χ4n) is 16.0. The lowest BCUT2D eigenvalue weighted by Crippen LogP contribution is -2.42. The lowest BCUT2D eigenvalue weighted by Gasteiger charge is -2.34. The number of fused-ring (bicyclic) bond motifs is 9. The van der Waals surface area contributed by atoms with E-state index in [-0.39, 0.29) is 66.3 Å². The van der Waals surface area contributed by atoms with Crippen LogP contribution in [0.4, 0.5) is 31.4 Å². The Morgan fingerprint density at radius 1 is 0.618 bits per heavy atom. The van der Waals surface area contributed by atoms with Crippen LogP contribution in [0.15, 0.2) is 84.0 Å². The number of benzene rings is 3. The van der Waals surface area contributed by atoms with Crippen molar-refractivity contribution in [3.63, 3.8) is 0 Å². The van der Waals surface area contributed by atoms with Crippen molar-refractivity contribution in [2.45, 2.75) is 213 Å². The van der Waals surface area contributed by atoms with Crippen LogP contribution in [-0.4, -0.2) is 169 Å². The molecule has 5 aliphatic heterocycles. The van der Waals surface area contributed by atoms with Crippen molar-refractivity contribution in [2.24, 2.45) is 5.92 Å². The Kier molecular flexibility index (Phi) is 23.6. The maximum atomic E-state index is 12.8. The normalized spacial score (nSPS) is 20.9. The highest BCUT2D eigenvalue weighted by Crippen LogP contribution is 2.43. The van der Waals surface area contributed by atoms with Gasteiger partial charge in [0, 0.05) is 130 Å². The smallest absolute Gasteiger partial charge is 0.414 e. The Morgan fingerprint density at radius 2 is 1.21 bits per heavy atom. The van der Waals surface area contributed by atoms with E-state index in [9.17, 15) is 28.8 Å². The minimum absolute atomic E-state index is 0.0141. The first kappa shape index (κ1) is 72.8. The number of pyridine rings is 1. The van der Waals surface area contributed by atoms with Crippen LogP contribution in [0.3, 0.4) is 0 Å². The Bertz CT molecular complexity index is 4330. The lowest BCUT2D eigenvalue weighted by molar-refractivity contribution is -0.123. The molecule has 2 saturated heterocycles. The molecule has 3 aromatic carbocycles. The molecule has 25 nitrogen and oxygen atoms in total. The van der Waals surface area contributed by atoms with Gasteiger partial charge in [0.2, 0.25) is 5.91 Å². The molecule has 5 aromatic heterocycles. The molecular weight excluding hydrogens is 1300 g/mol. The highest BCUT2D eigenvalue weighted by molar-refractivity contribution is 5.98. The van der Waals surface area contributed by atoms with Gasteiger partial charge in [0.15, 0.2) is 0 Å². The topological polar surface area (TPSA) is 250 Å². The number of aryl methyl sites for hydroxylation is 6. The van der Waals surface area contributed by atoms with Gasteiger partial charge in [-0.25, -0.2) is 29.3 Å². The summed E-state index contributed by atoms with van der Waals surface area (Å²) in [6.07, 6.45) is 20.6. The number of hydrogen-bond acceptors (Lipinski definition) is 16. The van der Waals surface area contributed by atoms with Crippen LogP contribution in [0.1, 0.15) is 159 Å². The molecule has 1 aliphatic carbocycles. The quantitative estimate of drug-likeness (QED) is 0.0832. The summed E-state index contributed by atoms with van der Waals surface area (Å²) >= 11 is 0. The second kappa shape index (κ2) is 33.0. The number of ketones is 1. The SMILES string of the molecule is CC[C@@H](C)NC(=O)Cn1c(CCn2ccccc2=O)nc2c3c(ccc21)N(C(=O)OC)[C@@H](C)CC3.COC(=O)N1c2ccc3c(nc(CC[C@@H]4CCCCO4)n3[C@@H]3CCC[C@H](C(C)=O)C3)c2CC[C@@H]1C.COC(=O)N1c2ccc3c(nc(Cn4cccn4)n3CCN3CCOCC3)c2CC[C@@H]1C. The zero-order valence-electron chi connectivity index (χ0n) is 60.9. The molecule has 0 radical (unpaired) electrons. The number of imidazole rings is 3. The molecule has 0 unspecified atom stereocenters. The van der Waals surface area contributed by atoms with Crippen molar-refractivity contribution in [3.05, 3.63) is 124 Å². The van der Waals surface area contributed by atoms with Gasteiger partial charge in [0.1, 0.15) is 29.8 Å². The minimum atomic E-state index is -0.395. The summed E-state index contributed by atoms with van der Waals surface area (Å²) in [5, 5.41) is 7.41. The summed E-state index contributed by atoms with van der Waals surface area (Å²) < 4.78 is 37.0. The molecule has 6 aliphatic rings. The van der Waals surface area contributed by atoms with Gasteiger partial charge in [-0.05, 0) is 173 Å². The second-order valence-electron chi connectivity index (χ2n) is 28.3. The monoisotopic (exact) mass is 1400 g/mol. The molecule has 7 atom stereocenters. The van der Waals surface area contributed by atoms with Crippen molar-refractivity contribution < 1.29 is 47.7 Å². The third kappa shape index (κ3) is 15.8. The minimum Gasteiger partial charge on any atom is -0.452 e. The Labute approximate surface area is 596 Å². The first-order chi connectivity index (χ1) is 49.5. The molecule has 0 spiro atoms. The van der Waals surface area contributed by atoms with E-state index >= 15 is 0 Å². The van der Waals surface area contributed by atoms with Crippen molar-refractivity contribution >= 4 is 80.1 Å². The Balaban J connectivity index is 0.000000145. The van der Waals surface area contributed by atoms with Gasteiger partial charge >= 0.3 is 18.3 Å². The van der Waals surface area contributed by atoms with Crippen molar-refractivity contribution in [1.82, 2.24) is 53.2 Å². The number of aromatic nitrogens is 9. The maximum absolute atomic E-state index is 12.8. The van der Waals surface area contributed by atoms with Crippen LogP contribution in [0.5, 0.6) is 0 Å². The summed E-state index contributed by atoms with van der Waals surface area (Å²) in [6.45, 7) is 19.2. The number of methoxy groups -OCH3 is 3. The molecule has 4 amide bonds. The Hall–Kier alpha value is -8.94. The number of anilines is 3. The summed E-state index contributed by atoms with van der Waals surface area (Å²) in [6, 6.07) is 19.7. The molecule has 8 aromatic rings. The van der Waals surface area contributed by atoms with E-state index in [4.69, 9.17) is 38.6 Å². The molecule has 3 fully saturated rings. The largest absolute Gasteiger partial charge is 0.452 e. The highest BCUT2D eigenvalue weighted by atomic mass is 16.6. The lowest BCUT2D eigenvalue weighted by atomic mass is 9.83. The Morgan fingerprint density at radius 3 is 1.76 bits per heavy atom. The van der Waals surface area contributed by atoms with Gasteiger partial charge in [0.05, 0.1) is 97.4 Å². The molecule has 1 N–H and O–H groups in total.